The van der Waals surface area contributed by atoms with Gasteiger partial charge in [-0.15, -0.1) is 0 Å². The molecule has 0 radical (unpaired) electrons. The summed E-state index contributed by atoms with van der Waals surface area (Å²) < 4.78 is 0. The van der Waals surface area contributed by atoms with Crippen LogP contribution in [0.4, 0.5) is 0 Å². The predicted octanol–water partition coefficient (Wildman–Crippen LogP) is 0.542. The van der Waals surface area contributed by atoms with Crippen molar-refractivity contribution in [2.24, 2.45) is 5.92 Å². The van der Waals surface area contributed by atoms with Gasteiger partial charge in [-0.2, -0.15) is 0 Å². The van der Waals surface area contributed by atoms with E-state index in [1.54, 1.807) is 17.9 Å². The van der Waals surface area contributed by atoms with Gasteiger partial charge in [0.2, 0.25) is 5.91 Å². The summed E-state index contributed by atoms with van der Waals surface area (Å²) in [6.07, 6.45) is 4.26. The molecule has 1 atom stereocenters. The molecule has 0 bridgehead atoms. The summed E-state index contributed by atoms with van der Waals surface area (Å²) in [4.78, 5) is 26.6. The highest BCUT2D eigenvalue weighted by Crippen LogP contribution is 2.17. The van der Waals surface area contributed by atoms with E-state index in [4.69, 9.17) is 0 Å². The summed E-state index contributed by atoms with van der Waals surface area (Å²) in [5.41, 5.74) is 0. The molecule has 1 aliphatic rings. The lowest BCUT2D eigenvalue weighted by atomic mass is 10.1. The molecule has 0 N–H and O–H groups in total. The predicted molar refractivity (Wildman–Crippen MR) is 63.1 cm³/mol. The van der Waals surface area contributed by atoms with Gasteiger partial charge in [0, 0.05) is 31.6 Å². The van der Waals surface area contributed by atoms with Crippen molar-refractivity contribution < 1.29 is 9.59 Å². The van der Waals surface area contributed by atoms with Crippen LogP contribution < -0.4 is 0 Å². The van der Waals surface area contributed by atoms with Crippen LogP contribution in [0.3, 0.4) is 0 Å². The Bertz CT molecular complexity index is 297. The number of rotatable bonds is 4. The van der Waals surface area contributed by atoms with Crippen molar-refractivity contribution >= 4 is 11.7 Å². The standard InChI is InChI=1S/C12H20N2O2/c1-10(15)11-6-8-14(9-11)12(16)5-4-7-13(2)3/h4-5,11H,6-9H2,1-3H3/b5-4-/t11-/m0/s1. The van der Waals surface area contributed by atoms with Gasteiger partial charge in [-0.3, -0.25) is 9.59 Å². The van der Waals surface area contributed by atoms with Crippen molar-refractivity contribution in [1.29, 1.82) is 0 Å². The van der Waals surface area contributed by atoms with E-state index in [1.165, 1.54) is 0 Å². The van der Waals surface area contributed by atoms with E-state index in [0.29, 0.717) is 13.1 Å². The Hall–Kier alpha value is -1.16. The van der Waals surface area contributed by atoms with E-state index in [9.17, 15) is 9.59 Å². The van der Waals surface area contributed by atoms with E-state index in [1.807, 2.05) is 25.1 Å². The van der Waals surface area contributed by atoms with E-state index in [0.717, 1.165) is 13.0 Å². The highest BCUT2D eigenvalue weighted by molar-refractivity contribution is 5.89. The SMILES string of the molecule is CC(=O)[C@H]1CCN(C(=O)/C=C\CN(C)C)C1. The van der Waals surface area contributed by atoms with Gasteiger partial charge in [0.25, 0.3) is 0 Å². The third kappa shape index (κ3) is 3.77. The molecular formula is C12H20N2O2. The van der Waals surface area contributed by atoms with Crippen LogP contribution in [0.15, 0.2) is 12.2 Å². The minimum atomic E-state index is 0.0191. The molecule has 1 aliphatic heterocycles. The molecule has 0 aromatic rings. The van der Waals surface area contributed by atoms with Gasteiger partial charge < -0.3 is 9.80 Å². The summed E-state index contributed by atoms with van der Waals surface area (Å²) in [6.45, 7) is 3.64. The van der Waals surface area contributed by atoms with Crippen LogP contribution in [0, 0.1) is 5.92 Å². The molecule has 0 aromatic heterocycles. The maximum atomic E-state index is 11.7. The monoisotopic (exact) mass is 224 g/mol. The number of Topliss-reactive ketones (excluding diaryl/α,β-unsaturated/α-hetero) is 1. The average molecular weight is 224 g/mol. The van der Waals surface area contributed by atoms with Crippen LogP contribution in [0.25, 0.3) is 0 Å². The molecule has 90 valence electrons. The maximum Gasteiger partial charge on any atom is 0.246 e. The number of likely N-dealkylation sites (N-methyl/N-ethyl adjacent to an activating group) is 1. The summed E-state index contributed by atoms with van der Waals surface area (Å²) >= 11 is 0. The lowest BCUT2D eigenvalue weighted by Crippen LogP contribution is -2.28. The zero-order chi connectivity index (χ0) is 12.1. The fourth-order valence-electron chi connectivity index (χ4n) is 1.76. The summed E-state index contributed by atoms with van der Waals surface area (Å²) in [5.74, 6) is 0.254. The topological polar surface area (TPSA) is 40.6 Å². The second-order valence-electron chi connectivity index (χ2n) is 4.55. The third-order valence-corrected chi connectivity index (χ3v) is 2.81. The smallest absolute Gasteiger partial charge is 0.246 e. The Morgan fingerprint density at radius 2 is 2.12 bits per heavy atom. The Morgan fingerprint density at radius 3 is 2.62 bits per heavy atom. The van der Waals surface area contributed by atoms with Gasteiger partial charge in [0.05, 0.1) is 0 Å². The number of hydrogen-bond acceptors (Lipinski definition) is 3. The Labute approximate surface area is 96.9 Å². The molecule has 0 saturated carbocycles. The van der Waals surface area contributed by atoms with Gasteiger partial charge >= 0.3 is 0 Å². The van der Waals surface area contributed by atoms with Crippen LogP contribution in [0.1, 0.15) is 13.3 Å². The summed E-state index contributed by atoms with van der Waals surface area (Å²) in [7, 11) is 3.91. The van der Waals surface area contributed by atoms with Gasteiger partial charge in [0.1, 0.15) is 5.78 Å². The molecular weight excluding hydrogens is 204 g/mol. The lowest BCUT2D eigenvalue weighted by molar-refractivity contribution is -0.125. The normalized spacial score (nSPS) is 21.0. The molecule has 0 spiro atoms. The van der Waals surface area contributed by atoms with Crippen molar-refractivity contribution in [3.63, 3.8) is 0 Å². The minimum Gasteiger partial charge on any atom is -0.338 e. The number of carbonyl (C=O) groups is 2. The average Bonchev–Trinajstić information content (AvgIpc) is 2.65. The minimum absolute atomic E-state index is 0.0191. The second kappa shape index (κ2) is 5.80. The number of nitrogens with zero attached hydrogens (tertiary/aromatic N) is 2. The van der Waals surface area contributed by atoms with Crippen molar-refractivity contribution in [2.75, 3.05) is 33.7 Å². The number of amides is 1. The lowest BCUT2D eigenvalue weighted by Gasteiger charge is -2.13. The quantitative estimate of drug-likeness (QED) is 0.654. The largest absolute Gasteiger partial charge is 0.338 e. The molecule has 0 aromatic carbocycles. The molecule has 1 saturated heterocycles. The highest BCUT2D eigenvalue weighted by Gasteiger charge is 2.27. The molecule has 4 nitrogen and oxygen atoms in total. The zero-order valence-corrected chi connectivity index (χ0v) is 10.3. The molecule has 1 fully saturated rings. The maximum absolute atomic E-state index is 11.7. The Kier molecular flexibility index (Phi) is 4.68. The van der Waals surface area contributed by atoms with Gasteiger partial charge in [0.15, 0.2) is 0 Å². The number of likely N-dealkylation sites (tertiary alicyclic amines) is 1. The van der Waals surface area contributed by atoms with Crippen molar-refractivity contribution in [3.05, 3.63) is 12.2 Å². The highest BCUT2D eigenvalue weighted by atomic mass is 16.2. The number of hydrogen-bond donors (Lipinski definition) is 0. The summed E-state index contributed by atoms with van der Waals surface area (Å²) in [6, 6.07) is 0. The van der Waals surface area contributed by atoms with Crippen molar-refractivity contribution in [2.45, 2.75) is 13.3 Å². The van der Waals surface area contributed by atoms with Crippen LogP contribution in [0.2, 0.25) is 0 Å². The molecule has 16 heavy (non-hydrogen) atoms. The summed E-state index contributed by atoms with van der Waals surface area (Å²) in [5, 5.41) is 0. The number of ketones is 1. The molecule has 1 heterocycles. The van der Waals surface area contributed by atoms with E-state index < -0.39 is 0 Å². The molecule has 1 amide bonds. The van der Waals surface area contributed by atoms with Gasteiger partial charge in [-0.25, -0.2) is 0 Å². The first-order chi connectivity index (χ1) is 7.50. The van der Waals surface area contributed by atoms with Crippen LogP contribution in [0.5, 0.6) is 0 Å². The second-order valence-corrected chi connectivity index (χ2v) is 4.55. The Balaban J connectivity index is 2.39. The molecule has 1 rings (SSSR count). The number of carbonyl (C=O) groups excluding carboxylic acids is 2. The van der Waals surface area contributed by atoms with Gasteiger partial charge in [-0.1, -0.05) is 6.08 Å². The van der Waals surface area contributed by atoms with Crippen molar-refractivity contribution in [1.82, 2.24) is 9.80 Å². The fourth-order valence-corrected chi connectivity index (χ4v) is 1.76. The van der Waals surface area contributed by atoms with Crippen LogP contribution >= 0.6 is 0 Å². The van der Waals surface area contributed by atoms with E-state index in [-0.39, 0.29) is 17.6 Å². The molecule has 4 heteroatoms. The van der Waals surface area contributed by atoms with Gasteiger partial charge in [-0.05, 0) is 27.4 Å². The van der Waals surface area contributed by atoms with Crippen LogP contribution in [-0.2, 0) is 9.59 Å². The Morgan fingerprint density at radius 1 is 1.44 bits per heavy atom. The fraction of sp³-hybridized carbons (Fsp3) is 0.667. The first-order valence-corrected chi connectivity index (χ1v) is 5.61. The molecule has 0 aliphatic carbocycles. The zero-order valence-electron chi connectivity index (χ0n) is 10.3. The first kappa shape index (κ1) is 12.9. The molecule has 0 unspecified atom stereocenters. The van der Waals surface area contributed by atoms with Crippen molar-refractivity contribution in [3.8, 4) is 0 Å². The first-order valence-electron chi connectivity index (χ1n) is 5.61. The third-order valence-electron chi connectivity index (χ3n) is 2.81. The van der Waals surface area contributed by atoms with E-state index in [2.05, 4.69) is 0 Å². The van der Waals surface area contributed by atoms with Crippen LogP contribution in [-0.4, -0.2) is 55.2 Å². The van der Waals surface area contributed by atoms with E-state index >= 15 is 0 Å².